The predicted octanol–water partition coefficient (Wildman–Crippen LogP) is 1.02. The van der Waals surface area contributed by atoms with Gasteiger partial charge in [0.05, 0.1) is 6.10 Å². The average molecular weight is 191 g/mol. The summed E-state index contributed by atoms with van der Waals surface area (Å²) in [6, 6.07) is -0.512. The van der Waals surface area contributed by atoms with E-state index in [0.717, 1.165) is 0 Å². The molecule has 0 rings (SSSR count). The van der Waals surface area contributed by atoms with Crippen molar-refractivity contribution in [2.75, 3.05) is 6.26 Å². The van der Waals surface area contributed by atoms with E-state index in [0.29, 0.717) is 0 Å². The largest absolute Gasteiger partial charge is 0.462 e. The van der Waals surface area contributed by atoms with Crippen molar-refractivity contribution >= 4 is 17.7 Å². The first kappa shape index (κ1) is 11.8. The molecular formula is C8H17NO2S. The summed E-state index contributed by atoms with van der Waals surface area (Å²) in [5.74, 6) is -0.313. The fraction of sp³-hybridized carbons (Fsp3) is 0.875. The molecule has 3 nitrogen and oxygen atoms in total. The molecule has 0 amide bonds. The molecule has 1 unspecified atom stereocenters. The second-order valence-electron chi connectivity index (χ2n) is 2.95. The SMILES string of the molecule is CSC(C)[C@H](N)C(=O)OC(C)C. The van der Waals surface area contributed by atoms with Crippen molar-refractivity contribution in [1.82, 2.24) is 0 Å². The van der Waals surface area contributed by atoms with Crippen LogP contribution in [0, 0.1) is 0 Å². The van der Waals surface area contributed by atoms with Crippen LogP contribution >= 0.6 is 11.8 Å². The van der Waals surface area contributed by atoms with Gasteiger partial charge >= 0.3 is 5.97 Å². The molecule has 2 N–H and O–H groups in total. The average Bonchev–Trinajstić information content (AvgIpc) is 2.00. The van der Waals surface area contributed by atoms with Gasteiger partial charge < -0.3 is 10.5 Å². The van der Waals surface area contributed by atoms with Gasteiger partial charge in [0.2, 0.25) is 0 Å². The van der Waals surface area contributed by atoms with Gasteiger partial charge in [-0.2, -0.15) is 11.8 Å². The molecule has 0 saturated heterocycles. The topological polar surface area (TPSA) is 52.3 Å². The van der Waals surface area contributed by atoms with Crippen LogP contribution in [0.4, 0.5) is 0 Å². The molecule has 0 aliphatic heterocycles. The Bertz CT molecular complexity index is 150. The van der Waals surface area contributed by atoms with Gasteiger partial charge in [-0.25, -0.2) is 0 Å². The van der Waals surface area contributed by atoms with Crippen LogP contribution in [-0.2, 0) is 9.53 Å². The van der Waals surface area contributed by atoms with Crippen LogP contribution in [0.1, 0.15) is 20.8 Å². The molecule has 0 aromatic carbocycles. The highest BCUT2D eigenvalue weighted by Crippen LogP contribution is 2.10. The lowest BCUT2D eigenvalue weighted by molar-refractivity contribution is -0.148. The quantitative estimate of drug-likeness (QED) is 0.674. The lowest BCUT2D eigenvalue weighted by Gasteiger charge is -2.17. The van der Waals surface area contributed by atoms with E-state index in [2.05, 4.69) is 0 Å². The van der Waals surface area contributed by atoms with Gasteiger partial charge in [-0.05, 0) is 20.1 Å². The summed E-state index contributed by atoms with van der Waals surface area (Å²) in [4.78, 5) is 11.2. The second-order valence-corrected chi connectivity index (χ2v) is 4.17. The lowest BCUT2D eigenvalue weighted by Crippen LogP contribution is -2.40. The van der Waals surface area contributed by atoms with Crippen molar-refractivity contribution < 1.29 is 9.53 Å². The number of carbonyl (C=O) groups is 1. The van der Waals surface area contributed by atoms with E-state index in [-0.39, 0.29) is 17.3 Å². The number of esters is 1. The third kappa shape index (κ3) is 3.97. The molecule has 0 heterocycles. The van der Waals surface area contributed by atoms with Crippen molar-refractivity contribution in [1.29, 1.82) is 0 Å². The van der Waals surface area contributed by atoms with E-state index >= 15 is 0 Å². The maximum Gasteiger partial charge on any atom is 0.324 e. The fourth-order valence-corrected chi connectivity index (χ4v) is 1.05. The fourth-order valence-electron chi connectivity index (χ4n) is 0.649. The summed E-state index contributed by atoms with van der Waals surface area (Å²) in [5.41, 5.74) is 5.62. The van der Waals surface area contributed by atoms with Gasteiger partial charge in [0, 0.05) is 5.25 Å². The van der Waals surface area contributed by atoms with Gasteiger partial charge in [-0.15, -0.1) is 0 Å². The second kappa shape index (κ2) is 5.43. The smallest absolute Gasteiger partial charge is 0.324 e. The standard InChI is InChI=1S/C8H17NO2S/c1-5(2)11-8(10)7(9)6(3)12-4/h5-7H,9H2,1-4H3/t6?,7-/m0/s1. The van der Waals surface area contributed by atoms with Gasteiger partial charge in [0.1, 0.15) is 6.04 Å². The van der Waals surface area contributed by atoms with Gasteiger partial charge in [-0.3, -0.25) is 4.79 Å². The molecular weight excluding hydrogens is 174 g/mol. The molecule has 4 heteroatoms. The van der Waals surface area contributed by atoms with E-state index in [1.54, 1.807) is 11.8 Å². The molecule has 2 atom stereocenters. The summed E-state index contributed by atoms with van der Waals surface area (Å²) in [7, 11) is 0. The highest BCUT2D eigenvalue weighted by atomic mass is 32.2. The van der Waals surface area contributed by atoms with E-state index in [9.17, 15) is 4.79 Å². The first-order chi connectivity index (χ1) is 5.49. The molecule has 0 bridgehead atoms. The number of carbonyl (C=O) groups excluding carboxylic acids is 1. The Morgan fingerprint density at radius 2 is 1.92 bits per heavy atom. The summed E-state index contributed by atoms with van der Waals surface area (Å²) < 4.78 is 4.96. The molecule has 72 valence electrons. The molecule has 0 aliphatic rings. The van der Waals surface area contributed by atoms with Crippen molar-refractivity contribution in [3.8, 4) is 0 Å². The van der Waals surface area contributed by atoms with Crippen LogP contribution in [0.25, 0.3) is 0 Å². The Kier molecular flexibility index (Phi) is 5.33. The first-order valence-corrected chi connectivity index (χ1v) is 5.26. The number of rotatable bonds is 4. The summed E-state index contributed by atoms with van der Waals surface area (Å²) in [6.07, 6.45) is 1.84. The van der Waals surface area contributed by atoms with Gasteiger partial charge in [-0.1, -0.05) is 6.92 Å². The zero-order valence-corrected chi connectivity index (χ0v) is 8.85. The Labute approximate surface area is 78.0 Å². The molecule has 12 heavy (non-hydrogen) atoms. The van der Waals surface area contributed by atoms with E-state index in [4.69, 9.17) is 10.5 Å². The van der Waals surface area contributed by atoms with Crippen molar-refractivity contribution in [3.63, 3.8) is 0 Å². The Hall–Kier alpha value is -0.220. The van der Waals surface area contributed by atoms with Crippen LogP contribution in [0.5, 0.6) is 0 Å². The minimum absolute atomic E-state index is 0.0855. The number of nitrogens with two attached hydrogens (primary N) is 1. The van der Waals surface area contributed by atoms with Crippen molar-refractivity contribution in [2.45, 2.75) is 38.2 Å². The number of ether oxygens (including phenoxy) is 1. The van der Waals surface area contributed by atoms with Gasteiger partial charge in [0.15, 0.2) is 0 Å². The Morgan fingerprint density at radius 1 is 1.42 bits per heavy atom. The maximum absolute atomic E-state index is 11.2. The summed E-state index contributed by atoms with van der Waals surface area (Å²) >= 11 is 1.56. The van der Waals surface area contributed by atoms with E-state index in [1.807, 2.05) is 27.0 Å². The van der Waals surface area contributed by atoms with Crippen molar-refractivity contribution in [3.05, 3.63) is 0 Å². The van der Waals surface area contributed by atoms with Crippen LogP contribution in [-0.4, -0.2) is 29.6 Å². The molecule has 0 aliphatic carbocycles. The molecule has 0 saturated carbocycles. The first-order valence-electron chi connectivity index (χ1n) is 3.98. The Morgan fingerprint density at radius 3 is 2.25 bits per heavy atom. The lowest BCUT2D eigenvalue weighted by atomic mass is 10.2. The van der Waals surface area contributed by atoms with Crippen LogP contribution in [0.3, 0.4) is 0 Å². The molecule has 0 aromatic heterocycles. The van der Waals surface area contributed by atoms with Crippen molar-refractivity contribution in [2.24, 2.45) is 5.73 Å². The molecule has 0 fully saturated rings. The predicted molar refractivity (Wildman–Crippen MR) is 52.2 cm³/mol. The zero-order chi connectivity index (χ0) is 9.72. The summed E-state index contributed by atoms with van der Waals surface area (Å²) in [6.45, 7) is 5.54. The molecule has 0 radical (unpaired) electrons. The Balaban J connectivity index is 3.92. The van der Waals surface area contributed by atoms with Gasteiger partial charge in [0.25, 0.3) is 0 Å². The van der Waals surface area contributed by atoms with E-state index in [1.165, 1.54) is 0 Å². The highest BCUT2D eigenvalue weighted by molar-refractivity contribution is 7.99. The monoisotopic (exact) mass is 191 g/mol. The van der Waals surface area contributed by atoms with Crippen LogP contribution in [0.2, 0.25) is 0 Å². The number of hydrogen-bond acceptors (Lipinski definition) is 4. The molecule has 0 spiro atoms. The van der Waals surface area contributed by atoms with E-state index < -0.39 is 6.04 Å². The summed E-state index contributed by atoms with van der Waals surface area (Å²) in [5, 5.41) is 0.108. The third-order valence-corrected chi connectivity index (χ3v) is 2.54. The van der Waals surface area contributed by atoms with Crippen LogP contribution < -0.4 is 5.73 Å². The zero-order valence-electron chi connectivity index (χ0n) is 8.03. The number of hydrogen-bond donors (Lipinski definition) is 1. The normalized spacial score (nSPS) is 15.8. The highest BCUT2D eigenvalue weighted by Gasteiger charge is 2.21. The minimum atomic E-state index is -0.512. The molecule has 0 aromatic rings. The number of thioether (sulfide) groups is 1. The maximum atomic E-state index is 11.2. The van der Waals surface area contributed by atoms with Crippen LogP contribution in [0.15, 0.2) is 0 Å². The third-order valence-electron chi connectivity index (χ3n) is 1.50. The minimum Gasteiger partial charge on any atom is -0.462 e.